The lowest BCUT2D eigenvalue weighted by atomic mass is 10.1. The summed E-state index contributed by atoms with van der Waals surface area (Å²) in [6.45, 7) is -0.00365. The van der Waals surface area contributed by atoms with Crippen LogP contribution < -0.4 is 5.32 Å². The van der Waals surface area contributed by atoms with E-state index in [1.165, 1.54) is 0 Å². The van der Waals surface area contributed by atoms with Crippen molar-refractivity contribution in [1.82, 2.24) is 5.32 Å². The van der Waals surface area contributed by atoms with E-state index in [0.717, 1.165) is 5.56 Å². The Bertz CT molecular complexity index is 529. The Kier molecular flexibility index (Phi) is 3.88. The molecule has 1 amide bonds. The summed E-state index contributed by atoms with van der Waals surface area (Å²) in [7, 11) is 0. The van der Waals surface area contributed by atoms with Crippen LogP contribution in [0.25, 0.3) is 0 Å². The summed E-state index contributed by atoms with van der Waals surface area (Å²) in [5.41, 5.74) is -1.26. The summed E-state index contributed by atoms with van der Waals surface area (Å²) in [6.07, 6.45) is -1.14. The first kappa shape index (κ1) is 13.9. The summed E-state index contributed by atoms with van der Waals surface area (Å²) in [5, 5.41) is 11.2. The van der Waals surface area contributed by atoms with Gasteiger partial charge in [0.2, 0.25) is 0 Å². The molecule has 7 nitrogen and oxygen atoms in total. The quantitative estimate of drug-likeness (QED) is 0.798. The van der Waals surface area contributed by atoms with Gasteiger partial charge in [-0.3, -0.25) is 10.1 Å². The first-order valence-electron chi connectivity index (χ1n) is 5.96. The van der Waals surface area contributed by atoms with Crippen molar-refractivity contribution in [1.29, 1.82) is 0 Å². The Hall–Kier alpha value is -2.57. The van der Waals surface area contributed by atoms with Gasteiger partial charge in [0.25, 0.3) is 5.72 Å². The number of carboxylic acids is 1. The van der Waals surface area contributed by atoms with Gasteiger partial charge in [0.15, 0.2) is 0 Å². The summed E-state index contributed by atoms with van der Waals surface area (Å²) < 4.78 is 9.58. The standard InChI is InChI=1S/C13H13NO6/c15-10-6-7-13(20-10,11(16)17)14-12(18)19-8-9-4-2-1-3-5-9/h1-5H,6-8H2,(H,14,18)(H,16,17)/t13-/m0/s1. The van der Waals surface area contributed by atoms with Gasteiger partial charge in [0, 0.05) is 6.42 Å². The molecule has 20 heavy (non-hydrogen) atoms. The van der Waals surface area contributed by atoms with Crippen LogP contribution in [0.1, 0.15) is 18.4 Å². The molecule has 1 saturated heterocycles. The molecule has 1 aliphatic rings. The van der Waals surface area contributed by atoms with Gasteiger partial charge in [-0.25, -0.2) is 9.59 Å². The maximum absolute atomic E-state index is 11.6. The van der Waals surface area contributed by atoms with Gasteiger partial charge in [-0.1, -0.05) is 30.3 Å². The molecule has 1 atom stereocenters. The van der Waals surface area contributed by atoms with Crippen LogP contribution in [-0.4, -0.2) is 28.9 Å². The van der Waals surface area contributed by atoms with E-state index in [2.05, 4.69) is 10.1 Å². The molecule has 0 radical (unpaired) electrons. The number of hydrogen-bond acceptors (Lipinski definition) is 5. The Morgan fingerprint density at radius 1 is 1.35 bits per heavy atom. The zero-order valence-corrected chi connectivity index (χ0v) is 10.5. The van der Waals surface area contributed by atoms with Crippen molar-refractivity contribution in [2.75, 3.05) is 0 Å². The molecule has 2 rings (SSSR count). The van der Waals surface area contributed by atoms with Crippen molar-refractivity contribution < 1.29 is 29.0 Å². The molecule has 7 heteroatoms. The van der Waals surface area contributed by atoms with Crippen molar-refractivity contribution in [3.8, 4) is 0 Å². The van der Waals surface area contributed by atoms with E-state index in [1.807, 2.05) is 6.07 Å². The number of rotatable bonds is 4. The van der Waals surface area contributed by atoms with Crippen LogP contribution in [0.4, 0.5) is 4.79 Å². The minimum atomic E-state index is -2.02. The van der Waals surface area contributed by atoms with Crippen molar-refractivity contribution in [2.24, 2.45) is 0 Å². The predicted octanol–water partition coefficient (Wildman–Crippen LogP) is 1.03. The minimum absolute atomic E-state index is 0.00365. The highest BCUT2D eigenvalue weighted by molar-refractivity contribution is 5.88. The van der Waals surface area contributed by atoms with E-state index in [-0.39, 0.29) is 19.4 Å². The number of benzene rings is 1. The van der Waals surface area contributed by atoms with E-state index >= 15 is 0 Å². The zero-order chi connectivity index (χ0) is 14.6. The van der Waals surface area contributed by atoms with Crippen molar-refractivity contribution >= 4 is 18.0 Å². The van der Waals surface area contributed by atoms with Crippen LogP contribution in [-0.2, 0) is 25.7 Å². The van der Waals surface area contributed by atoms with Gasteiger partial charge in [0.05, 0.1) is 6.42 Å². The Morgan fingerprint density at radius 2 is 2.05 bits per heavy atom. The van der Waals surface area contributed by atoms with Crippen molar-refractivity contribution in [2.45, 2.75) is 25.2 Å². The molecule has 2 N–H and O–H groups in total. The number of carbonyl (C=O) groups excluding carboxylic acids is 2. The number of nitrogens with one attached hydrogen (secondary N) is 1. The van der Waals surface area contributed by atoms with E-state index in [0.29, 0.717) is 0 Å². The fraction of sp³-hybridized carbons (Fsp3) is 0.308. The summed E-state index contributed by atoms with van der Waals surface area (Å²) in [4.78, 5) is 33.8. The lowest BCUT2D eigenvalue weighted by Crippen LogP contribution is -2.54. The van der Waals surface area contributed by atoms with Gasteiger partial charge in [-0.05, 0) is 5.56 Å². The average Bonchev–Trinajstić information content (AvgIpc) is 2.80. The maximum Gasteiger partial charge on any atom is 0.411 e. The lowest BCUT2D eigenvalue weighted by molar-refractivity contribution is -0.172. The SMILES string of the molecule is O=C1CC[C@@](NC(=O)OCc2ccccc2)(C(=O)O)O1. The molecular weight excluding hydrogens is 266 g/mol. The zero-order valence-electron chi connectivity index (χ0n) is 10.5. The number of esters is 1. The van der Waals surface area contributed by atoms with Crippen LogP contribution >= 0.6 is 0 Å². The number of aliphatic carboxylic acids is 1. The molecular formula is C13H13NO6. The lowest BCUT2D eigenvalue weighted by Gasteiger charge is -2.23. The smallest absolute Gasteiger partial charge is 0.411 e. The molecule has 0 aliphatic carbocycles. The maximum atomic E-state index is 11.6. The molecule has 106 valence electrons. The number of carboxylic acid groups (broad SMARTS) is 1. The Balaban J connectivity index is 1.93. The van der Waals surface area contributed by atoms with E-state index < -0.39 is 23.8 Å². The van der Waals surface area contributed by atoms with Crippen LogP contribution in [0.5, 0.6) is 0 Å². The third-order valence-corrected chi connectivity index (χ3v) is 2.83. The second kappa shape index (κ2) is 5.60. The first-order chi connectivity index (χ1) is 9.52. The predicted molar refractivity (Wildman–Crippen MR) is 65.5 cm³/mol. The first-order valence-corrected chi connectivity index (χ1v) is 5.96. The third-order valence-electron chi connectivity index (χ3n) is 2.83. The van der Waals surface area contributed by atoms with E-state index in [9.17, 15) is 14.4 Å². The normalized spacial score (nSPS) is 21.1. The van der Waals surface area contributed by atoms with E-state index in [1.54, 1.807) is 24.3 Å². The fourth-order valence-electron chi connectivity index (χ4n) is 1.79. The topological polar surface area (TPSA) is 102 Å². The van der Waals surface area contributed by atoms with E-state index in [4.69, 9.17) is 9.84 Å². The van der Waals surface area contributed by atoms with Crippen LogP contribution in [0.15, 0.2) is 30.3 Å². The molecule has 0 unspecified atom stereocenters. The summed E-state index contributed by atoms with van der Waals surface area (Å²) >= 11 is 0. The number of hydrogen-bond donors (Lipinski definition) is 2. The third kappa shape index (κ3) is 3.05. The molecule has 0 spiro atoms. The fourth-order valence-corrected chi connectivity index (χ4v) is 1.79. The van der Waals surface area contributed by atoms with Gasteiger partial charge < -0.3 is 14.6 Å². The van der Waals surface area contributed by atoms with Crippen molar-refractivity contribution in [3.63, 3.8) is 0 Å². The molecule has 0 aromatic heterocycles. The summed E-state index contributed by atoms with van der Waals surface area (Å²) in [5.74, 6) is -2.10. The Labute approximate surface area is 114 Å². The van der Waals surface area contributed by atoms with Gasteiger partial charge in [-0.2, -0.15) is 0 Å². The number of ether oxygens (including phenoxy) is 2. The highest BCUT2D eigenvalue weighted by Crippen LogP contribution is 2.24. The Morgan fingerprint density at radius 3 is 2.60 bits per heavy atom. The number of alkyl carbamates (subject to hydrolysis) is 1. The average molecular weight is 279 g/mol. The van der Waals surface area contributed by atoms with Crippen molar-refractivity contribution in [3.05, 3.63) is 35.9 Å². The number of cyclic esters (lactones) is 1. The van der Waals surface area contributed by atoms with Gasteiger partial charge in [-0.15, -0.1) is 0 Å². The molecule has 1 heterocycles. The molecule has 0 saturated carbocycles. The molecule has 1 aromatic rings. The largest absolute Gasteiger partial charge is 0.477 e. The highest BCUT2D eigenvalue weighted by Gasteiger charge is 2.49. The second-order valence-corrected chi connectivity index (χ2v) is 4.29. The minimum Gasteiger partial charge on any atom is -0.477 e. The van der Waals surface area contributed by atoms with Crippen LogP contribution in [0.2, 0.25) is 0 Å². The molecule has 1 aliphatic heterocycles. The second-order valence-electron chi connectivity index (χ2n) is 4.29. The van der Waals surface area contributed by atoms with Gasteiger partial charge in [0.1, 0.15) is 6.61 Å². The van der Waals surface area contributed by atoms with Crippen LogP contribution in [0.3, 0.4) is 0 Å². The van der Waals surface area contributed by atoms with Gasteiger partial charge >= 0.3 is 18.0 Å². The summed E-state index contributed by atoms with van der Waals surface area (Å²) in [6, 6.07) is 8.91. The highest BCUT2D eigenvalue weighted by atomic mass is 16.6. The molecule has 0 bridgehead atoms. The van der Waals surface area contributed by atoms with Crippen LogP contribution in [0, 0.1) is 0 Å². The number of carbonyl (C=O) groups is 3. The number of amides is 1. The monoisotopic (exact) mass is 279 g/mol. The molecule has 1 aromatic carbocycles. The molecule has 1 fully saturated rings.